The molecule has 4 rings (SSSR count). The third kappa shape index (κ3) is 4.82. The van der Waals surface area contributed by atoms with Crippen molar-refractivity contribution in [1.29, 1.82) is 0 Å². The number of benzene rings is 2. The van der Waals surface area contributed by atoms with E-state index in [2.05, 4.69) is 12.2 Å². The van der Waals surface area contributed by atoms with Crippen molar-refractivity contribution in [1.82, 2.24) is 9.80 Å². The fourth-order valence-corrected chi connectivity index (χ4v) is 5.67. The van der Waals surface area contributed by atoms with Crippen LogP contribution in [0.25, 0.3) is 0 Å². The van der Waals surface area contributed by atoms with Gasteiger partial charge in [-0.3, -0.25) is 4.79 Å². The molecule has 2 aromatic carbocycles. The van der Waals surface area contributed by atoms with Crippen LogP contribution in [0.15, 0.2) is 48.5 Å². The van der Waals surface area contributed by atoms with E-state index < -0.39 is 0 Å². The topological polar surface area (TPSA) is 61.9 Å². The number of urea groups is 1. The molecule has 2 aromatic rings. The van der Waals surface area contributed by atoms with Gasteiger partial charge in [-0.05, 0) is 62.1 Å². The van der Waals surface area contributed by atoms with Crippen molar-refractivity contribution in [3.05, 3.63) is 59.7 Å². The lowest BCUT2D eigenvalue weighted by Gasteiger charge is -2.43. The maximum atomic E-state index is 12.9. The summed E-state index contributed by atoms with van der Waals surface area (Å²) < 4.78 is 5.68. The van der Waals surface area contributed by atoms with E-state index in [1.165, 1.54) is 5.56 Å². The second-order valence-electron chi connectivity index (χ2n) is 8.16. The smallest absolute Gasteiger partial charge is 0.321 e. The lowest BCUT2D eigenvalue weighted by Crippen LogP contribution is -2.55. The van der Waals surface area contributed by atoms with Gasteiger partial charge < -0.3 is 19.9 Å². The summed E-state index contributed by atoms with van der Waals surface area (Å²) in [6, 6.07) is 15.3. The third-order valence-electron chi connectivity index (χ3n) is 6.17. The summed E-state index contributed by atoms with van der Waals surface area (Å²) in [5.74, 6) is 1.64. The number of nitrogens with zero attached hydrogens (tertiary/aromatic N) is 2. The van der Waals surface area contributed by atoms with Gasteiger partial charge in [0.1, 0.15) is 5.75 Å². The minimum Gasteiger partial charge on any atom is -0.484 e. The number of likely N-dealkylation sites (tertiary alicyclic amines) is 1. The predicted molar refractivity (Wildman–Crippen MR) is 125 cm³/mol. The van der Waals surface area contributed by atoms with Gasteiger partial charge in [0.15, 0.2) is 6.61 Å². The van der Waals surface area contributed by atoms with Gasteiger partial charge in [-0.15, -0.1) is 11.8 Å². The molecule has 6 nitrogen and oxygen atoms in total. The Kier molecular flexibility index (Phi) is 6.41. The SMILES string of the molecule is Cc1ccc(NC(=O)N2CCC3(CC2)SCCN3C(=O)COc2ccccc2)cc1C. The lowest BCUT2D eigenvalue weighted by atomic mass is 10.0. The van der Waals surface area contributed by atoms with Crippen molar-refractivity contribution in [2.45, 2.75) is 31.6 Å². The number of rotatable bonds is 4. The van der Waals surface area contributed by atoms with E-state index in [0.717, 1.165) is 36.4 Å². The van der Waals surface area contributed by atoms with Crippen LogP contribution in [-0.2, 0) is 4.79 Å². The molecule has 0 aliphatic carbocycles. The van der Waals surface area contributed by atoms with E-state index >= 15 is 0 Å². The van der Waals surface area contributed by atoms with Gasteiger partial charge in [-0.25, -0.2) is 4.79 Å². The quantitative estimate of drug-likeness (QED) is 0.772. The van der Waals surface area contributed by atoms with Crippen LogP contribution in [0, 0.1) is 13.8 Å². The van der Waals surface area contributed by atoms with Crippen molar-refractivity contribution in [2.75, 3.05) is 37.3 Å². The van der Waals surface area contributed by atoms with Crippen LogP contribution in [0.3, 0.4) is 0 Å². The van der Waals surface area contributed by atoms with E-state index in [4.69, 9.17) is 4.74 Å². The second kappa shape index (κ2) is 9.22. The summed E-state index contributed by atoms with van der Waals surface area (Å²) in [4.78, 5) is 29.2. The van der Waals surface area contributed by atoms with Crippen molar-refractivity contribution in [2.24, 2.45) is 0 Å². The summed E-state index contributed by atoms with van der Waals surface area (Å²) in [6.07, 6.45) is 1.55. The monoisotopic (exact) mass is 439 g/mol. The molecule has 2 aliphatic heterocycles. The molecule has 0 aromatic heterocycles. The Hall–Kier alpha value is -2.67. The molecule has 7 heteroatoms. The van der Waals surface area contributed by atoms with E-state index in [9.17, 15) is 9.59 Å². The Balaban J connectivity index is 1.33. The number of para-hydroxylation sites is 1. The highest BCUT2D eigenvalue weighted by Gasteiger charge is 2.46. The van der Waals surface area contributed by atoms with Crippen LogP contribution in [0.5, 0.6) is 5.75 Å². The number of carbonyl (C=O) groups excluding carboxylic acids is 2. The molecular formula is C24H29N3O3S. The number of nitrogens with one attached hydrogen (secondary N) is 1. The minimum absolute atomic E-state index is 0.0156. The fourth-order valence-electron chi connectivity index (χ4n) is 4.20. The average Bonchev–Trinajstić information content (AvgIpc) is 3.18. The highest BCUT2D eigenvalue weighted by Crippen LogP contribution is 2.44. The Morgan fingerprint density at radius 1 is 1.03 bits per heavy atom. The molecule has 2 fully saturated rings. The Bertz CT molecular complexity index is 942. The van der Waals surface area contributed by atoms with Gasteiger partial charge >= 0.3 is 6.03 Å². The molecule has 2 heterocycles. The van der Waals surface area contributed by atoms with Crippen LogP contribution in [0.4, 0.5) is 10.5 Å². The number of aryl methyl sites for hydroxylation is 2. The number of ether oxygens (including phenoxy) is 1. The summed E-state index contributed by atoms with van der Waals surface area (Å²) in [6.45, 7) is 6.14. The van der Waals surface area contributed by atoms with E-state index in [0.29, 0.717) is 18.8 Å². The molecular weight excluding hydrogens is 410 g/mol. The molecule has 0 bridgehead atoms. The number of piperidine rings is 1. The maximum Gasteiger partial charge on any atom is 0.321 e. The van der Waals surface area contributed by atoms with Gasteiger partial charge in [0, 0.05) is 31.1 Å². The first kappa shape index (κ1) is 21.6. The maximum absolute atomic E-state index is 12.9. The number of carbonyl (C=O) groups is 2. The molecule has 0 saturated carbocycles. The lowest BCUT2D eigenvalue weighted by molar-refractivity contribution is -0.136. The van der Waals surface area contributed by atoms with E-state index in [1.54, 1.807) is 0 Å². The van der Waals surface area contributed by atoms with Gasteiger partial charge in [0.05, 0.1) is 4.87 Å². The van der Waals surface area contributed by atoms with E-state index in [1.807, 2.05) is 77.0 Å². The highest BCUT2D eigenvalue weighted by molar-refractivity contribution is 8.00. The van der Waals surface area contributed by atoms with E-state index in [-0.39, 0.29) is 23.4 Å². The Labute approximate surface area is 187 Å². The number of thioether (sulfide) groups is 1. The number of anilines is 1. The summed E-state index contributed by atoms with van der Waals surface area (Å²) in [5, 5.41) is 3.01. The van der Waals surface area contributed by atoms with Crippen LogP contribution >= 0.6 is 11.8 Å². The molecule has 0 atom stereocenters. The van der Waals surface area contributed by atoms with Crippen LogP contribution in [-0.4, -0.2) is 58.6 Å². The highest BCUT2D eigenvalue weighted by atomic mass is 32.2. The standard InChI is InChI=1S/C24H29N3O3S/c1-18-8-9-20(16-19(18)2)25-23(29)26-12-10-24(11-13-26)27(14-15-31-24)22(28)17-30-21-6-4-3-5-7-21/h3-9,16H,10-15,17H2,1-2H3,(H,25,29). The first-order valence-electron chi connectivity index (χ1n) is 10.7. The zero-order valence-corrected chi connectivity index (χ0v) is 18.9. The normalized spacial score (nSPS) is 17.6. The minimum atomic E-state index is -0.228. The molecule has 0 radical (unpaired) electrons. The van der Waals surface area contributed by atoms with Gasteiger partial charge in [0.25, 0.3) is 5.91 Å². The first-order valence-corrected chi connectivity index (χ1v) is 11.7. The Morgan fingerprint density at radius 3 is 2.48 bits per heavy atom. The third-order valence-corrected chi connectivity index (χ3v) is 7.73. The molecule has 31 heavy (non-hydrogen) atoms. The summed E-state index contributed by atoms with van der Waals surface area (Å²) in [5.41, 5.74) is 3.18. The molecule has 2 saturated heterocycles. The van der Waals surface area contributed by atoms with Gasteiger partial charge in [-0.2, -0.15) is 0 Å². The molecule has 3 amide bonds. The van der Waals surface area contributed by atoms with Crippen molar-refractivity contribution in [3.8, 4) is 5.75 Å². The fraction of sp³-hybridized carbons (Fsp3) is 0.417. The molecule has 0 unspecified atom stereocenters. The molecule has 2 aliphatic rings. The zero-order chi connectivity index (χ0) is 21.8. The number of hydrogen-bond donors (Lipinski definition) is 1. The van der Waals surface area contributed by atoms with Crippen LogP contribution < -0.4 is 10.1 Å². The number of amides is 3. The summed E-state index contributed by atoms with van der Waals surface area (Å²) >= 11 is 1.84. The second-order valence-corrected chi connectivity index (χ2v) is 9.61. The van der Waals surface area contributed by atoms with Crippen LogP contribution in [0.2, 0.25) is 0 Å². The predicted octanol–water partition coefficient (Wildman–Crippen LogP) is 4.28. The first-order chi connectivity index (χ1) is 15.0. The van der Waals surface area contributed by atoms with Crippen LogP contribution in [0.1, 0.15) is 24.0 Å². The zero-order valence-electron chi connectivity index (χ0n) is 18.1. The number of hydrogen-bond acceptors (Lipinski definition) is 4. The van der Waals surface area contributed by atoms with Gasteiger partial charge in [0.2, 0.25) is 0 Å². The molecule has 1 N–H and O–H groups in total. The largest absolute Gasteiger partial charge is 0.484 e. The van der Waals surface area contributed by atoms with Crippen molar-refractivity contribution >= 4 is 29.4 Å². The molecule has 1 spiro atoms. The average molecular weight is 440 g/mol. The summed E-state index contributed by atoms with van der Waals surface area (Å²) in [7, 11) is 0. The van der Waals surface area contributed by atoms with Gasteiger partial charge in [-0.1, -0.05) is 24.3 Å². The Morgan fingerprint density at radius 2 is 1.77 bits per heavy atom. The van der Waals surface area contributed by atoms with Crippen molar-refractivity contribution in [3.63, 3.8) is 0 Å². The van der Waals surface area contributed by atoms with Crippen molar-refractivity contribution < 1.29 is 14.3 Å². The molecule has 164 valence electrons.